The molecule has 0 radical (unpaired) electrons. The molecule has 3 N–H and O–H groups in total. The first kappa shape index (κ1) is 10.1. The Balaban J connectivity index is 2.28. The van der Waals surface area contributed by atoms with Gasteiger partial charge in [-0.2, -0.15) is 0 Å². The Hall–Kier alpha value is -1.42. The molecule has 80 valence electrons. The molecule has 0 spiro atoms. The summed E-state index contributed by atoms with van der Waals surface area (Å²) in [7, 11) is 0. The Morgan fingerprint density at radius 3 is 2.93 bits per heavy atom. The predicted octanol–water partition coefficient (Wildman–Crippen LogP) is 2.00. The van der Waals surface area contributed by atoms with Crippen molar-refractivity contribution in [3.8, 4) is 0 Å². The zero-order valence-electron chi connectivity index (χ0n) is 9.07. The second kappa shape index (κ2) is 3.98. The van der Waals surface area contributed by atoms with Gasteiger partial charge < -0.3 is 10.7 Å². The fraction of sp³-hybridized carbons (Fsp3) is 0.455. The van der Waals surface area contributed by atoms with Gasteiger partial charge in [-0.15, -0.1) is 0 Å². The molecule has 0 bridgehead atoms. The van der Waals surface area contributed by atoms with Gasteiger partial charge in [-0.3, -0.25) is 0 Å². The minimum atomic E-state index is -0.0285. The molecule has 2 rings (SSSR count). The van der Waals surface area contributed by atoms with Crippen LogP contribution >= 0.6 is 0 Å². The van der Waals surface area contributed by atoms with Crippen LogP contribution in [0.4, 0.5) is 0 Å². The Morgan fingerprint density at radius 1 is 1.47 bits per heavy atom. The number of pyridine rings is 1. The number of nitrogens with one attached hydrogen (secondary N) is 1. The lowest BCUT2D eigenvalue weighted by Gasteiger charge is -2.10. The second-order valence-electron chi connectivity index (χ2n) is 4.23. The predicted molar refractivity (Wildman–Crippen MR) is 60.3 cm³/mol. The van der Waals surface area contributed by atoms with Crippen LogP contribution in [0, 0.1) is 5.92 Å². The van der Waals surface area contributed by atoms with Crippen molar-refractivity contribution >= 4 is 11.2 Å². The summed E-state index contributed by atoms with van der Waals surface area (Å²) in [5.74, 6) is 1.40. The summed E-state index contributed by atoms with van der Waals surface area (Å²) in [5, 5.41) is 0. The third-order valence-corrected chi connectivity index (χ3v) is 2.35. The second-order valence-corrected chi connectivity index (χ2v) is 4.23. The normalized spacial score (nSPS) is 13.6. The van der Waals surface area contributed by atoms with Gasteiger partial charge in [-0.05, 0) is 24.5 Å². The van der Waals surface area contributed by atoms with E-state index < -0.39 is 0 Å². The molecular weight excluding hydrogens is 188 g/mol. The summed E-state index contributed by atoms with van der Waals surface area (Å²) < 4.78 is 0. The summed E-state index contributed by atoms with van der Waals surface area (Å²) in [4.78, 5) is 11.7. The molecule has 15 heavy (non-hydrogen) atoms. The van der Waals surface area contributed by atoms with Crippen molar-refractivity contribution in [1.29, 1.82) is 0 Å². The standard InChI is InChI=1S/C11H16N4/c1-7(2)6-8(12)10-14-9-4-3-5-13-11(9)15-10/h3-5,7-8H,6,12H2,1-2H3,(H,13,14,15)/t8-/m0/s1. The fourth-order valence-electron chi connectivity index (χ4n) is 1.66. The van der Waals surface area contributed by atoms with E-state index in [4.69, 9.17) is 5.73 Å². The SMILES string of the molecule is CC(C)C[C@H](N)c1nc2ncccc2[nH]1. The van der Waals surface area contributed by atoms with Gasteiger partial charge in [-0.1, -0.05) is 13.8 Å². The highest BCUT2D eigenvalue weighted by Gasteiger charge is 2.12. The average Bonchev–Trinajstić information content (AvgIpc) is 2.59. The zero-order valence-corrected chi connectivity index (χ0v) is 9.07. The summed E-state index contributed by atoms with van der Waals surface area (Å²) in [6.45, 7) is 4.31. The number of aromatic nitrogens is 3. The molecular formula is C11H16N4. The number of fused-ring (bicyclic) bond motifs is 1. The number of H-pyrrole nitrogens is 1. The summed E-state index contributed by atoms with van der Waals surface area (Å²) >= 11 is 0. The first-order chi connectivity index (χ1) is 7.16. The summed E-state index contributed by atoms with van der Waals surface area (Å²) in [5.41, 5.74) is 7.73. The highest BCUT2D eigenvalue weighted by molar-refractivity contribution is 5.69. The first-order valence-electron chi connectivity index (χ1n) is 5.23. The van der Waals surface area contributed by atoms with Crippen LogP contribution in [-0.4, -0.2) is 15.0 Å². The number of rotatable bonds is 3. The van der Waals surface area contributed by atoms with Gasteiger partial charge in [0.05, 0.1) is 11.6 Å². The van der Waals surface area contributed by atoms with Crippen molar-refractivity contribution in [2.24, 2.45) is 11.7 Å². The van der Waals surface area contributed by atoms with Crippen LogP contribution in [0.3, 0.4) is 0 Å². The van der Waals surface area contributed by atoms with Gasteiger partial charge in [0.1, 0.15) is 5.82 Å². The van der Waals surface area contributed by atoms with Gasteiger partial charge in [0.25, 0.3) is 0 Å². The monoisotopic (exact) mass is 204 g/mol. The molecule has 0 fully saturated rings. The van der Waals surface area contributed by atoms with E-state index in [1.165, 1.54) is 0 Å². The van der Waals surface area contributed by atoms with E-state index in [-0.39, 0.29) is 6.04 Å². The van der Waals surface area contributed by atoms with E-state index in [1.54, 1.807) is 6.20 Å². The van der Waals surface area contributed by atoms with Crippen LogP contribution in [0.1, 0.15) is 32.1 Å². The number of imidazole rings is 1. The molecule has 1 atom stereocenters. The molecule has 2 aromatic heterocycles. The van der Waals surface area contributed by atoms with Gasteiger partial charge in [0.2, 0.25) is 0 Å². The third kappa shape index (κ3) is 2.15. The third-order valence-electron chi connectivity index (χ3n) is 2.35. The quantitative estimate of drug-likeness (QED) is 0.803. The number of nitrogens with zero attached hydrogens (tertiary/aromatic N) is 2. The number of nitrogens with two attached hydrogens (primary N) is 1. The molecule has 0 saturated carbocycles. The largest absolute Gasteiger partial charge is 0.339 e. The Kier molecular flexibility index (Phi) is 2.68. The van der Waals surface area contributed by atoms with Crippen LogP contribution in [-0.2, 0) is 0 Å². The molecule has 0 aliphatic carbocycles. The molecule has 4 nitrogen and oxygen atoms in total. The lowest BCUT2D eigenvalue weighted by Crippen LogP contribution is -2.14. The van der Waals surface area contributed by atoms with Gasteiger partial charge in [0, 0.05) is 6.20 Å². The molecule has 0 amide bonds. The average molecular weight is 204 g/mol. The van der Waals surface area contributed by atoms with Gasteiger partial charge in [0.15, 0.2) is 5.65 Å². The molecule has 0 unspecified atom stereocenters. The molecule has 2 heterocycles. The minimum Gasteiger partial charge on any atom is -0.339 e. The first-order valence-corrected chi connectivity index (χ1v) is 5.23. The molecule has 4 heteroatoms. The highest BCUT2D eigenvalue weighted by atomic mass is 15.0. The van der Waals surface area contributed by atoms with E-state index in [9.17, 15) is 0 Å². The maximum absolute atomic E-state index is 6.04. The van der Waals surface area contributed by atoms with Crippen LogP contribution in [0.25, 0.3) is 11.2 Å². The van der Waals surface area contributed by atoms with Crippen molar-refractivity contribution in [2.45, 2.75) is 26.3 Å². The van der Waals surface area contributed by atoms with E-state index >= 15 is 0 Å². The van der Waals surface area contributed by atoms with E-state index in [1.807, 2.05) is 12.1 Å². The van der Waals surface area contributed by atoms with Crippen LogP contribution in [0.15, 0.2) is 18.3 Å². The van der Waals surface area contributed by atoms with Crippen molar-refractivity contribution in [2.75, 3.05) is 0 Å². The summed E-state index contributed by atoms with van der Waals surface area (Å²) in [6, 6.07) is 3.82. The maximum Gasteiger partial charge on any atom is 0.177 e. The van der Waals surface area contributed by atoms with Crippen molar-refractivity contribution < 1.29 is 0 Å². The molecule has 0 aliphatic heterocycles. The van der Waals surface area contributed by atoms with Crippen molar-refractivity contribution in [1.82, 2.24) is 15.0 Å². The number of aromatic amines is 1. The van der Waals surface area contributed by atoms with Gasteiger partial charge >= 0.3 is 0 Å². The molecule has 0 aliphatic rings. The Morgan fingerprint density at radius 2 is 2.27 bits per heavy atom. The number of hydrogen-bond acceptors (Lipinski definition) is 3. The molecule has 2 aromatic rings. The van der Waals surface area contributed by atoms with Crippen molar-refractivity contribution in [3.63, 3.8) is 0 Å². The zero-order chi connectivity index (χ0) is 10.8. The summed E-state index contributed by atoms with van der Waals surface area (Å²) in [6.07, 6.45) is 2.67. The molecule has 0 aromatic carbocycles. The Labute approximate surface area is 88.9 Å². The van der Waals surface area contributed by atoms with E-state index in [0.29, 0.717) is 5.92 Å². The lowest BCUT2D eigenvalue weighted by atomic mass is 10.0. The topological polar surface area (TPSA) is 67.6 Å². The Bertz CT molecular complexity index is 414. The lowest BCUT2D eigenvalue weighted by molar-refractivity contribution is 0.496. The van der Waals surface area contributed by atoms with Crippen LogP contribution in [0.5, 0.6) is 0 Å². The highest BCUT2D eigenvalue weighted by Crippen LogP contribution is 2.18. The van der Waals surface area contributed by atoms with Crippen molar-refractivity contribution in [3.05, 3.63) is 24.2 Å². The van der Waals surface area contributed by atoms with Gasteiger partial charge in [-0.25, -0.2) is 9.97 Å². The van der Waals surface area contributed by atoms with Crippen LogP contribution in [0.2, 0.25) is 0 Å². The smallest absolute Gasteiger partial charge is 0.177 e. The maximum atomic E-state index is 6.04. The minimum absolute atomic E-state index is 0.0285. The van der Waals surface area contributed by atoms with E-state index in [2.05, 4.69) is 28.8 Å². The van der Waals surface area contributed by atoms with Crippen LogP contribution < -0.4 is 5.73 Å². The fourth-order valence-corrected chi connectivity index (χ4v) is 1.66. The molecule has 0 saturated heterocycles. The number of hydrogen-bond donors (Lipinski definition) is 2. The van der Waals surface area contributed by atoms with E-state index in [0.717, 1.165) is 23.4 Å².